The van der Waals surface area contributed by atoms with Crippen molar-refractivity contribution in [2.24, 2.45) is 0 Å². The Labute approximate surface area is 183 Å². The Bertz CT molecular complexity index is 1070. The molecule has 0 saturated carbocycles. The van der Waals surface area contributed by atoms with Crippen molar-refractivity contribution in [1.82, 2.24) is 4.98 Å². The Morgan fingerprint density at radius 2 is 1.91 bits per heavy atom. The zero-order chi connectivity index (χ0) is 23.7. The van der Waals surface area contributed by atoms with Gasteiger partial charge in [-0.2, -0.15) is 0 Å². The zero-order valence-corrected chi connectivity index (χ0v) is 18.9. The minimum absolute atomic E-state index is 0.0432. The highest BCUT2D eigenvalue weighted by Crippen LogP contribution is 2.79. The van der Waals surface area contributed by atoms with Crippen LogP contribution >= 0.6 is 15.2 Å². The molecule has 1 saturated heterocycles. The lowest BCUT2D eigenvalue weighted by atomic mass is 10.0. The molecule has 1 fully saturated rings. The van der Waals surface area contributed by atoms with Crippen molar-refractivity contribution in [3.63, 3.8) is 0 Å². The van der Waals surface area contributed by atoms with E-state index in [-0.39, 0.29) is 16.7 Å². The van der Waals surface area contributed by atoms with Crippen LogP contribution in [0.5, 0.6) is 0 Å². The summed E-state index contributed by atoms with van der Waals surface area (Å²) in [7, 11) is -10.5. The summed E-state index contributed by atoms with van der Waals surface area (Å²) in [5, 5.41) is 7.59. The molecule has 0 spiro atoms. The number of halogens is 1. The van der Waals surface area contributed by atoms with Crippen molar-refractivity contribution in [3.05, 3.63) is 65.2 Å². The number of hydrogen-bond acceptors (Lipinski definition) is 8. The summed E-state index contributed by atoms with van der Waals surface area (Å²) in [5.74, 6) is -1.46. The molecule has 13 heteroatoms. The maximum absolute atomic E-state index is 13.8. The Morgan fingerprint density at radius 3 is 2.47 bits per heavy atom. The summed E-state index contributed by atoms with van der Waals surface area (Å²) in [6.45, 7) is 3.23. The maximum Gasteiger partial charge on any atom is 0.374 e. The van der Waals surface area contributed by atoms with Gasteiger partial charge in [-0.15, -0.1) is 0 Å². The van der Waals surface area contributed by atoms with Crippen molar-refractivity contribution in [2.45, 2.75) is 44.2 Å². The molecule has 0 amide bonds. The van der Waals surface area contributed by atoms with Gasteiger partial charge in [0.25, 0.3) is 5.08 Å². The molecule has 2 atom stereocenters. The van der Waals surface area contributed by atoms with Crippen LogP contribution in [0.1, 0.15) is 36.8 Å². The zero-order valence-electron chi connectivity index (χ0n) is 17.1. The van der Waals surface area contributed by atoms with Crippen molar-refractivity contribution >= 4 is 21.2 Å². The van der Waals surface area contributed by atoms with Gasteiger partial charge in [0.05, 0.1) is 12.5 Å². The SMILES string of the molecule is CC(C)OC(=O)Cc1cc(F)ccc1C1OP(=O)(O)C(O)(Cc2cccnc2)P(=O)(O)O1. The fourth-order valence-corrected chi connectivity index (χ4v) is 6.68. The molecule has 2 unspecified atom stereocenters. The fourth-order valence-electron chi connectivity index (χ4n) is 3.11. The first kappa shape index (κ1) is 24.7. The molecule has 1 aromatic carbocycles. The van der Waals surface area contributed by atoms with Crippen LogP contribution in [0.3, 0.4) is 0 Å². The third kappa shape index (κ3) is 5.00. The molecular formula is C19H22FNO9P2. The van der Waals surface area contributed by atoms with Gasteiger partial charge in [-0.3, -0.25) is 28.0 Å². The number of carbonyl (C=O) groups is 1. The van der Waals surface area contributed by atoms with Crippen LogP contribution in [-0.4, -0.2) is 37.0 Å². The Morgan fingerprint density at radius 1 is 1.25 bits per heavy atom. The van der Waals surface area contributed by atoms with E-state index in [1.54, 1.807) is 13.8 Å². The van der Waals surface area contributed by atoms with Crippen molar-refractivity contribution in [1.29, 1.82) is 0 Å². The Hall–Kier alpha value is -1.97. The first-order chi connectivity index (χ1) is 14.8. The molecule has 10 nitrogen and oxygen atoms in total. The van der Waals surface area contributed by atoms with E-state index in [4.69, 9.17) is 13.8 Å². The molecular weight excluding hydrogens is 467 g/mol. The van der Waals surface area contributed by atoms with Gasteiger partial charge in [-0.25, -0.2) is 4.39 Å². The minimum Gasteiger partial charge on any atom is -0.463 e. The molecule has 0 radical (unpaired) electrons. The normalized spacial score (nSPS) is 30.3. The van der Waals surface area contributed by atoms with Gasteiger partial charge in [-0.1, -0.05) is 12.1 Å². The van der Waals surface area contributed by atoms with Crippen LogP contribution in [0.25, 0.3) is 0 Å². The number of rotatable bonds is 6. The lowest BCUT2D eigenvalue weighted by Crippen LogP contribution is -2.38. The molecule has 2 heterocycles. The monoisotopic (exact) mass is 489 g/mol. The van der Waals surface area contributed by atoms with Gasteiger partial charge in [0.15, 0.2) is 0 Å². The molecule has 2 aromatic rings. The molecule has 3 N–H and O–H groups in total. The number of pyridine rings is 1. The van der Waals surface area contributed by atoms with Crippen LogP contribution in [-0.2, 0) is 40.6 Å². The molecule has 1 aromatic heterocycles. The largest absolute Gasteiger partial charge is 0.463 e. The average Bonchev–Trinajstić information content (AvgIpc) is 2.66. The number of benzene rings is 1. The van der Waals surface area contributed by atoms with Crippen LogP contribution in [0, 0.1) is 5.82 Å². The number of carbonyl (C=O) groups excluding carboxylic acids is 1. The molecule has 32 heavy (non-hydrogen) atoms. The fraction of sp³-hybridized carbons (Fsp3) is 0.368. The molecule has 0 aliphatic carbocycles. The average molecular weight is 489 g/mol. The summed E-state index contributed by atoms with van der Waals surface area (Å²) in [4.78, 5) is 36.7. The van der Waals surface area contributed by atoms with E-state index >= 15 is 0 Å². The van der Waals surface area contributed by atoms with E-state index in [0.717, 1.165) is 18.2 Å². The summed E-state index contributed by atoms with van der Waals surface area (Å²) < 4.78 is 54.7. The van der Waals surface area contributed by atoms with Crippen molar-refractivity contribution in [2.75, 3.05) is 0 Å². The second kappa shape index (κ2) is 9.11. The van der Waals surface area contributed by atoms with E-state index in [1.807, 2.05) is 0 Å². The number of esters is 1. The summed E-state index contributed by atoms with van der Waals surface area (Å²) in [5.41, 5.74) is 0.000496. The lowest BCUT2D eigenvalue weighted by Gasteiger charge is -2.41. The van der Waals surface area contributed by atoms with Crippen LogP contribution in [0.2, 0.25) is 0 Å². The van der Waals surface area contributed by atoms with E-state index in [9.17, 15) is 33.2 Å². The molecule has 174 valence electrons. The third-order valence-corrected chi connectivity index (χ3v) is 9.20. The molecule has 3 rings (SSSR count). The van der Waals surface area contributed by atoms with Crippen molar-refractivity contribution in [3.8, 4) is 0 Å². The first-order valence-electron chi connectivity index (χ1n) is 9.46. The first-order valence-corrected chi connectivity index (χ1v) is 12.6. The van der Waals surface area contributed by atoms with Gasteiger partial charge in [0.1, 0.15) is 5.82 Å². The van der Waals surface area contributed by atoms with Gasteiger partial charge < -0.3 is 19.6 Å². The molecule has 1 aliphatic heterocycles. The topological polar surface area (TPSA) is 152 Å². The smallest absolute Gasteiger partial charge is 0.374 e. The van der Waals surface area contributed by atoms with Gasteiger partial charge in [0, 0.05) is 24.4 Å². The van der Waals surface area contributed by atoms with Gasteiger partial charge in [0.2, 0.25) is 6.29 Å². The van der Waals surface area contributed by atoms with Gasteiger partial charge >= 0.3 is 21.2 Å². The van der Waals surface area contributed by atoms with Crippen molar-refractivity contribution < 1.29 is 47.0 Å². The third-order valence-electron chi connectivity index (χ3n) is 4.61. The van der Waals surface area contributed by atoms with E-state index in [2.05, 4.69) is 4.98 Å². The second-order valence-electron chi connectivity index (χ2n) is 7.45. The van der Waals surface area contributed by atoms with E-state index in [0.29, 0.717) is 0 Å². The molecule has 0 bridgehead atoms. The van der Waals surface area contributed by atoms with E-state index < -0.39 is 57.3 Å². The number of ether oxygens (including phenoxy) is 1. The Balaban J connectivity index is 1.95. The van der Waals surface area contributed by atoms with Crippen LogP contribution < -0.4 is 0 Å². The predicted octanol–water partition coefficient (Wildman–Crippen LogP) is 3.02. The van der Waals surface area contributed by atoms with Crippen LogP contribution in [0.15, 0.2) is 42.7 Å². The maximum atomic E-state index is 13.8. The quantitative estimate of drug-likeness (QED) is 0.408. The standard InChI is InChI=1S/C19H22FNO9P2/c1-12(2)28-17(22)9-14-8-15(20)5-6-16(14)18-29-31(24,25)19(23,32(26,27)30-18)10-13-4-3-7-21-11-13/h3-8,11-12,18,23H,9-10H2,1-2H3,(H,24,25)(H,26,27). The number of nitrogens with zero attached hydrogens (tertiary/aromatic N) is 1. The Kier molecular flexibility index (Phi) is 7.02. The summed E-state index contributed by atoms with van der Waals surface area (Å²) >= 11 is 0. The highest BCUT2D eigenvalue weighted by Gasteiger charge is 2.67. The lowest BCUT2D eigenvalue weighted by molar-refractivity contribution is -0.146. The second-order valence-corrected chi connectivity index (χ2v) is 11.8. The number of aromatic nitrogens is 1. The van der Waals surface area contributed by atoms with Gasteiger partial charge in [-0.05, 0) is 43.2 Å². The highest BCUT2D eigenvalue weighted by molar-refractivity contribution is 7.73. The predicted molar refractivity (Wildman–Crippen MR) is 109 cm³/mol. The number of hydrogen-bond donors (Lipinski definition) is 3. The summed E-state index contributed by atoms with van der Waals surface area (Å²) in [6.07, 6.45) is -0.943. The van der Waals surface area contributed by atoms with E-state index in [1.165, 1.54) is 24.5 Å². The number of aliphatic hydroxyl groups is 1. The summed E-state index contributed by atoms with van der Waals surface area (Å²) in [6, 6.07) is 5.89. The highest BCUT2D eigenvalue weighted by atomic mass is 31.2. The minimum atomic E-state index is -5.23. The molecule has 1 aliphatic rings. The van der Waals surface area contributed by atoms with Crippen LogP contribution in [0.4, 0.5) is 4.39 Å².